The van der Waals surface area contributed by atoms with Crippen LogP contribution in [-0.4, -0.2) is 53.0 Å². The third-order valence-corrected chi connectivity index (χ3v) is 7.60. The number of benzene rings is 2. The Morgan fingerprint density at radius 2 is 1.72 bits per heavy atom. The van der Waals surface area contributed by atoms with Gasteiger partial charge in [0.15, 0.2) is 11.5 Å². The number of ether oxygens (including phenoxy) is 3. The van der Waals surface area contributed by atoms with Gasteiger partial charge in [0, 0.05) is 13.1 Å². The smallest absolute Gasteiger partial charge is 0.243 e. The molecule has 1 aliphatic heterocycles. The topological polar surface area (TPSA) is 94.2 Å². The van der Waals surface area contributed by atoms with E-state index >= 15 is 0 Å². The molecule has 2 aromatic rings. The van der Waals surface area contributed by atoms with Crippen molar-refractivity contribution >= 4 is 15.9 Å². The van der Waals surface area contributed by atoms with Gasteiger partial charge < -0.3 is 19.5 Å². The molecule has 1 amide bonds. The van der Waals surface area contributed by atoms with E-state index in [2.05, 4.69) is 5.32 Å². The SMILES string of the molecule is COc1ccc(S(=O)(=O)N2CCC[C@@H](C(=O)N[C@@H](C)c3ccc(OC)c(OC)c3)C2)cc1. The summed E-state index contributed by atoms with van der Waals surface area (Å²) >= 11 is 0. The molecule has 174 valence electrons. The third-order valence-electron chi connectivity index (χ3n) is 5.72. The fourth-order valence-electron chi connectivity index (χ4n) is 3.81. The Kier molecular flexibility index (Phi) is 7.63. The van der Waals surface area contributed by atoms with Crippen LogP contribution in [0.4, 0.5) is 0 Å². The van der Waals surface area contributed by atoms with Crippen LogP contribution < -0.4 is 19.5 Å². The fraction of sp³-hybridized carbons (Fsp3) is 0.435. The van der Waals surface area contributed by atoms with Gasteiger partial charge in [-0.3, -0.25) is 4.79 Å². The Hall–Kier alpha value is -2.78. The van der Waals surface area contributed by atoms with Gasteiger partial charge in [0.25, 0.3) is 0 Å². The number of carbonyl (C=O) groups is 1. The van der Waals surface area contributed by atoms with Crippen LogP contribution >= 0.6 is 0 Å². The van der Waals surface area contributed by atoms with Crippen LogP contribution in [0.25, 0.3) is 0 Å². The first-order chi connectivity index (χ1) is 15.3. The van der Waals surface area contributed by atoms with Gasteiger partial charge in [-0.1, -0.05) is 6.07 Å². The summed E-state index contributed by atoms with van der Waals surface area (Å²) in [5, 5.41) is 3.01. The molecule has 0 bridgehead atoms. The lowest BCUT2D eigenvalue weighted by Crippen LogP contribution is -2.45. The van der Waals surface area contributed by atoms with Crippen LogP contribution in [0.5, 0.6) is 17.2 Å². The highest BCUT2D eigenvalue weighted by atomic mass is 32.2. The molecule has 2 atom stereocenters. The normalized spacial score (nSPS) is 17.9. The summed E-state index contributed by atoms with van der Waals surface area (Å²) < 4.78 is 43.2. The van der Waals surface area contributed by atoms with Gasteiger partial charge in [-0.15, -0.1) is 0 Å². The third kappa shape index (κ3) is 5.16. The predicted octanol–water partition coefficient (Wildman–Crippen LogP) is 2.99. The fourth-order valence-corrected chi connectivity index (χ4v) is 5.33. The first kappa shape index (κ1) is 23.9. The van der Waals surface area contributed by atoms with Gasteiger partial charge >= 0.3 is 0 Å². The van der Waals surface area contributed by atoms with Crippen molar-refractivity contribution in [2.75, 3.05) is 34.4 Å². The van der Waals surface area contributed by atoms with Crippen molar-refractivity contribution in [2.24, 2.45) is 5.92 Å². The number of methoxy groups -OCH3 is 3. The van der Waals surface area contributed by atoms with Crippen molar-refractivity contribution in [3.05, 3.63) is 48.0 Å². The monoisotopic (exact) mass is 462 g/mol. The molecular formula is C23H30N2O6S. The number of piperidine rings is 1. The molecule has 0 saturated carbocycles. The maximum Gasteiger partial charge on any atom is 0.243 e. The molecule has 2 aromatic carbocycles. The Labute approximate surface area is 189 Å². The van der Waals surface area contributed by atoms with Crippen LogP contribution in [0.1, 0.15) is 31.4 Å². The van der Waals surface area contributed by atoms with Crippen LogP contribution in [0.2, 0.25) is 0 Å². The van der Waals surface area contributed by atoms with Gasteiger partial charge in [0.2, 0.25) is 15.9 Å². The second kappa shape index (κ2) is 10.2. The van der Waals surface area contributed by atoms with E-state index in [4.69, 9.17) is 14.2 Å². The van der Waals surface area contributed by atoms with Gasteiger partial charge in [-0.05, 0) is 61.7 Å². The Bertz CT molecular complexity index is 1040. The largest absolute Gasteiger partial charge is 0.497 e. The maximum absolute atomic E-state index is 13.1. The molecule has 0 radical (unpaired) electrons. The van der Waals surface area contributed by atoms with Crippen molar-refractivity contribution in [3.63, 3.8) is 0 Å². The summed E-state index contributed by atoms with van der Waals surface area (Å²) in [6, 6.07) is 11.5. The predicted molar refractivity (Wildman–Crippen MR) is 121 cm³/mol. The summed E-state index contributed by atoms with van der Waals surface area (Å²) in [5.41, 5.74) is 0.870. The van der Waals surface area contributed by atoms with Crippen molar-refractivity contribution in [1.29, 1.82) is 0 Å². The average molecular weight is 463 g/mol. The van der Waals surface area contributed by atoms with E-state index in [-0.39, 0.29) is 23.4 Å². The minimum absolute atomic E-state index is 0.152. The van der Waals surface area contributed by atoms with Gasteiger partial charge in [-0.25, -0.2) is 8.42 Å². The molecule has 1 N–H and O–H groups in total. The lowest BCUT2D eigenvalue weighted by molar-refractivity contribution is -0.126. The zero-order valence-corrected chi connectivity index (χ0v) is 19.6. The van der Waals surface area contributed by atoms with Crippen molar-refractivity contribution in [2.45, 2.75) is 30.7 Å². The molecule has 0 spiro atoms. The summed E-state index contributed by atoms with van der Waals surface area (Å²) in [4.78, 5) is 13.1. The number of nitrogens with zero attached hydrogens (tertiary/aromatic N) is 1. The van der Waals surface area contributed by atoms with Crippen molar-refractivity contribution in [3.8, 4) is 17.2 Å². The Morgan fingerprint density at radius 1 is 1.03 bits per heavy atom. The van der Waals surface area contributed by atoms with Crippen LogP contribution in [0.15, 0.2) is 47.4 Å². The molecule has 1 saturated heterocycles. The molecule has 0 aromatic heterocycles. The average Bonchev–Trinajstić information content (AvgIpc) is 2.83. The second-order valence-electron chi connectivity index (χ2n) is 7.72. The number of hydrogen-bond acceptors (Lipinski definition) is 6. The van der Waals surface area contributed by atoms with E-state index in [1.54, 1.807) is 32.4 Å². The molecule has 1 aliphatic rings. The highest BCUT2D eigenvalue weighted by molar-refractivity contribution is 7.89. The van der Waals surface area contributed by atoms with Gasteiger partial charge in [-0.2, -0.15) is 4.31 Å². The first-order valence-corrected chi connectivity index (χ1v) is 11.9. The van der Waals surface area contributed by atoms with Crippen molar-refractivity contribution in [1.82, 2.24) is 9.62 Å². The summed E-state index contributed by atoms with van der Waals surface area (Å²) in [6.45, 7) is 2.43. The number of sulfonamides is 1. The highest BCUT2D eigenvalue weighted by Gasteiger charge is 2.33. The molecule has 1 fully saturated rings. The van der Waals surface area contributed by atoms with Crippen LogP contribution in [-0.2, 0) is 14.8 Å². The zero-order chi connectivity index (χ0) is 23.3. The molecule has 0 aliphatic carbocycles. The highest BCUT2D eigenvalue weighted by Crippen LogP contribution is 2.30. The summed E-state index contributed by atoms with van der Waals surface area (Å²) in [7, 11) is 0.972. The molecule has 9 heteroatoms. The van der Waals surface area contributed by atoms with Crippen LogP contribution in [0.3, 0.4) is 0 Å². The quantitative estimate of drug-likeness (QED) is 0.648. The number of nitrogens with one attached hydrogen (secondary N) is 1. The minimum Gasteiger partial charge on any atom is -0.497 e. The number of hydrogen-bond donors (Lipinski definition) is 1. The molecule has 32 heavy (non-hydrogen) atoms. The van der Waals surface area contributed by atoms with E-state index < -0.39 is 15.9 Å². The van der Waals surface area contributed by atoms with E-state index in [1.807, 2.05) is 19.1 Å². The van der Waals surface area contributed by atoms with Gasteiger partial charge in [0.05, 0.1) is 38.2 Å². The first-order valence-electron chi connectivity index (χ1n) is 10.5. The molecule has 3 rings (SSSR count). The van der Waals surface area contributed by atoms with E-state index in [1.165, 1.54) is 23.5 Å². The number of rotatable bonds is 8. The number of amides is 1. The Morgan fingerprint density at radius 3 is 2.34 bits per heavy atom. The second-order valence-corrected chi connectivity index (χ2v) is 9.66. The van der Waals surface area contributed by atoms with Crippen molar-refractivity contribution < 1.29 is 27.4 Å². The lowest BCUT2D eigenvalue weighted by atomic mass is 9.98. The number of carbonyl (C=O) groups excluding carboxylic acids is 1. The Balaban J connectivity index is 1.68. The standard InChI is InChI=1S/C23H30N2O6S/c1-16(17-7-12-21(30-3)22(14-17)31-4)24-23(26)18-6-5-13-25(15-18)32(27,28)20-10-8-19(29-2)9-11-20/h7-12,14,16,18H,5-6,13,15H2,1-4H3,(H,24,26)/t16-,18+/m0/s1. The van der Waals surface area contributed by atoms with E-state index in [0.29, 0.717) is 36.6 Å². The lowest BCUT2D eigenvalue weighted by Gasteiger charge is -2.32. The molecule has 0 unspecified atom stereocenters. The maximum atomic E-state index is 13.1. The summed E-state index contributed by atoms with van der Waals surface area (Å²) in [5.74, 6) is 1.20. The van der Waals surface area contributed by atoms with E-state index in [9.17, 15) is 13.2 Å². The summed E-state index contributed by atoms with van der Waals surface area (Å²) in [6.07, 6.45) is 1.26. The van der Waals surface area contributed by atoms with Gasteiger partial charge in [0.1, 0.15) is 5.75 Å². The molecular weight excluding hydrogens is 432 g/mol. The zero-order valence-electron chi connectivity index (χ0n) is 18.8. The van der Waals surface area contributed by atoms with Crippen LogP contribution in [0, 0.1) is 5.92 Å². The minimum atomic E-state index is -3.68. The molecule has 8 nitrogen and oxygen atoms in total. The van der Waals surface area contributed by atoms with E-state index in [0.717, 1.165) is 5.56 Å². The molecule has 1 heterocycles.